The molecule has 0 bridgehead atoms. The Morgan fingerprint density at radius 3 is 2.93 bits per heavy atom. The van der Waals surface area contributed by atoms with Gasteiger partial charge in [0.15, 0.2) is 0 Å². The predicted molar refractivity (Wildman–Crippen MR) is 63.7 cm³/mol. The maximum absolute atomic E-state index is 3.55. The highest BCUT2D eigenvalue weighted by Gasteiger charge is 2.27. The molecule has 1 fully saturated rings. The highest BCUT2D eigenvalue weighted by atomic mass is 14.9. The first-order valence-corrected chi connectivity index (χ1v) is 6.15. The summed E-state index contributed by atoms with van der Waals surface area (Å²) >= 11 is 0. The van der Waals surface area contributed by atoms with Gasteiger partial charge in [0, 0.05) is 25.5 Å². The van der Waals surface area contributed by atoms with E-state index in [1.54, 1.807) is 0 Å². The molecular weight excluding hydrogens is 184 g/mol. The number of nitrogens with one attached hydrogen (secondary N) is 1. The SMILES string of the molecule is CCn1ccc(CNCC(C)C2CC2)c1. The summed E-state index contributed by atoms with van der Waals surface area (Å²) < 4.78 is 2.22. The van der Waals surface area contributed by atoms with Crippen LogP contribution in [0.4, 0.5) is 0 Å². The predicted octanol–water partition coefficient (Wildman–Crippen LogP) is 2.64. The van der Waals surface area contributed by atoms with Gasteiger partial charge < -0.3 is 9.88 Å². The van der Waals surface area contributed by atoms with Gasteiger partial charge in [-0.15, -0.1) is 0 Å². The molecule has 84 valence electrons. The monoisotopic (exact) mass is 206 g/mol. The maximum atomic E-state index is 3.55. The van der Waals surface area contributed by atoms with Crippen LogP contribution in [0.15, 0.2) is 18.5 Å². The Hall–Kier alpha value is -0.760. The molecule has 15 heavy (non-hydrogen) atoms. The van der Waals surface area contributed by atoms with E-state index in [1.807, 2.05) is 0 Å². The van der Waals surface area contributed by atoms with Crippen LogP contribution in [-0.2, 0) is 13.1 Å². The van der Waals surface area contributed by atoms with Crippen molar-refractivity contribution in [1.82, 2.24) is 9.88 Å². The van der Waals surface area contributed by atoms with Crippen molar-refractivity contribution in [2.24, 2.45) is 11.8 Å². The smallest absolute Gasteiger partial charge is 0.0220 e. The van der Waals surface area contributed by atoms with Crippen molar-refractivity contribution in [3.05, 3.63) is 24.0 Å². The minimum atomic E-state index is 0.860. The summed E-state index contributed by atoms with van der Waals surface area (Å²) in [6, 6.07) is 2.21. The summed E-state index contributed by atoms with van der Waals surface area (Å²) in [5.41, 5.74) is 1.40. The zero-order chi connectivity index (χ0) is 10.7. The summed E-state index contributed by atoms with van der Waals surface area (Å²) in [6.45, 7) is 7.79. The molecule has 0 aromatic carbocycles. The third kappa shape index (κ3) is 3.10. The van der Waals surface area contributed by atoms with E-state index in [1.165, 1.54) is 24.9 Å². The number of nitrogens with zero attached hydrogens (tertiary/aromatic N) is 1. The van der Waals surface area contributed by atoms with Gasteiger partial charge in [0.2, 0.25) is 0 Å². The number of aryl methyl sites for hydroxylation is 1. The molecule has 1 atom stereocenters. The molecule has 1 N–H and O–H groups in total. The summed E-state index contributed by atoms with van der Waals surface area (Å²) in [4.78, 5) is 0. The highest BCUT2D eigenvalue weighted by molar-refractivity contribution is 5.09. The van der Waals surface area contributed by atoms with Crippen LogP contribution in [0.2, 0.25) is 0 Å². The van der Waals surface area contributed by atoms with Gasteiger partial charge in [-0.1, -0.05) is 6.92 Å². The van der Waals surface area contributed by atoms with Crippen molar-refractivity contribution in [3.8, 4) is 0 Å². The summed E-state index contributed by atoms with van der Waals surface area (Å²) in [5.74, 6) is 1.87. The largest absolute Gasteiger partial charge is 0.354 e. The Labute approximate surface area is 92.7 Å². The van der Waals surface area contributed by atoms with Gasteiger partial charge in [-0.3, -0.25) is 0 Å². The van der Waals surface area contributed by atoms with Gasteiger partial charge in [0.1, 0.15) is 0 Å². The van der Waals surface area contributed by atoms with Gasteiger partial charge >= 0.3 is 0 Å². The van der Waals surface area contributed by atoms with E-state index in [9.17, 15) is 0 Å². The van der Waals surface area contributed by atoms with Crippen LogP contribution in [0, 0.1) is 11.8 Å². The first kappa shape index (κ1) is 10.7. The first-order valence-electron chi connectivity index (χ1n) is 6.15. The minimum absolute atomic E-state index is 0.860. The van der Waals surface area contributed by atoms with Gasteiger partial charge in [0.05, 0.1) is 0 Å². The summed E-state index contributed by atoms with van der Waals surface area (Å²) in [5, 5.41) is 3.55. The molecule has 1 saturated carbocycles. The fraction of sp³-hybridized carbons (Fsp3) is 0.692. The van der Waals surface area contributed by atoms with E-state index in [0.717, 1.165) is 24.9 Å². The standard InChI is InChI=1S/C13H22N2/c1-3-15-7-6-12(10-15)9-14-8-11(2)13-4-5-13/h6-7,10-11,13-14H,3-5,8-9H2,1-2H3. The van der Waals surface area contributed by atoms with E-state index in [4.69, 9.17) is 0 Å². The second kappa shape index (κ2) is 4.84. The lowest BCUT2D eigenvalue weighted by atomic mass is 10.1. The zero-order valence-electron chi connectivity index (χ0n) is 9.87. The molecule has 0 spiro atoms. The van der Waals surface area contributed by atoms with E-state index >= 15 is 0 Å². The molecule has 1 aromatic heterocycles. The third-order valence-electron chi connectivity index (χ3n) is 3.40. The van der Waals surface area contributed by atoms with Crippen LogP contribution in [0.5, 0.6) is 0 Å². The van der Waals surface area contributed by atoms with Gasteiger partial charge in [-0.05, 0) is 49.8 Å². The number of hydrogen-bond donors (Lipinski definition) is 1. The Morgan fingerprint density at radius 1 is 1.53 bits per heavy atom. The molecule has 0 saturated heterocycles. The van der Waals surface area contributed by atoms with Crippen molar-refractivity contribution in [3.63, 3.8) is 0 Å². The first-order chi connectivity index (χ1) is 7.29. The van der Waals surface area contributed by atoms with Crippen LogP contribution >= 0.6 is 0 Å². The molecule has 0 amide bonds. The lowest BCUT2D eigenvalue weighted by molar-refractivity contribution is 0.461. The molecule has 1 unspecified atom stereocenters. The Balaban J connectivity index is 1.68. The van der Waals surface area contributed by atoms with Crippen LogP contribution in [-0.4, -0.2) is 11.1 Å². The lowest BCUT2D eigenvalue weighted by Crippen LogP contribution is -2.21. The normalized spacial score (nSPS) is 18.0. The molecule has 0 radical (unpaired) electrons. The van der Waals surface area contributed by atoms with E-state index in [-0.39, 0.29) is 0 Å². The number of rotatable bonds is 6. The summed E-state index contributed by atoms with van der Waals surface area (Å²) in [7, 11) is 0. The highest BCUT2D eigenvalue weighted by Crippen LogP contribution is 2.36. The molecule has 2 rings (SSSR count). The van der Waals surface area contributed by atoms with Crippen LogP contribution in [0.1, 0.15) is 32.3 Å². The molecule has 1 aliphatic rings. The van der Waals surface area contributed by atoms with Crippen molar-refractivity contribution in [2.45, 2.75) is 39.8 Å². The van der Waals surface area contributed by atoms with Gasteiger partial charge in [-0.25, -0.2) is 0 Å². The second-order valence-electron chi connectivity index (χ2n) is 4.80. The van der Waals surface area contributed by atoms with E-state index in [2.05, 4.69) is 42.2 Å². The molecule has 0 aliphatic heterocycles. The molecule has 1 aromatic rings. The molecule has 2 heteroatoms. The van der Waals surface area contributed by atoms with Crippen molar-refractivity contribution in [2.75, 3.05) is 6.54 Å². The van der Waals surface area contributed by atoms with E-state index in [0.29, 0.717) is 0 Å². The minimum Gasteiger partial charge on any atom is -0.354 e. The average molecular weight is 206 g/mol. The fourth-order valence-electron chi connectivity index (χ4n) is 2.07. The molecule has 1 aliphatic carbocycles. The van der Waals surface area contributed by atoms with Gasteiger partial charge in [-0.2, -0.15) is 0 Å². The number of aromatic nitrogens is 1. The third-order valence-corrected chi connectivity index (χ3v) is 3.40. The zero-order valence-corrected chi connectivity index (χ0v) is 9.87. The average Bonchev–Trinajstić information content (AvgIpc) is 2.99. The van der Waals surface area contributed by atoms with E-state index < -0.39 is 0 Å². The Morgan fingerprint density at radius 2 is 2.33 bits per heavy atom. The Bertz CT molecular complexity index is 299. The quantitative estimate of drug-likeness (QED) is 0.757. The van der Waals surface area contributed by atoms with Gasteiger partial charge in [0.25, 0.3) is 0 Å². The number of hydrogen-bond acceptors (Lipinski definition) is 1. The van der Waals surface area contributed by atoms with Crippen LogP contribution in [0.3, 0.4) is 0 Å². The van der Waals surface area contributed by atoms with Crippen molar-refractivity contribution >= 4 is 0 Å². The van der Waals surface area contributed by atoms with Crippen LogP contribution < -0.4 is 5.32 Å². The van der Waals surface area contributed by atoms with Crippen LogP contribution in [0.25, 0.3) is 0 Å². The fourth-order valence-corrected chi connectivity index (χ4v) is 2.07. The topological polar surface area (TPSA) is 17.0 Å². The molecular formula is C13H22N2. The maximum Gasteiger partial charge on any atom is 0.0220 e. The van der Waals surface area contributed by atoms with Crippen molar-refractivity contribution < 1.29 is 0 Å². The Kier molecular flexibility index (Phi) is 3.47. The lowest BCUT2D eigenvalue weighted by Gasteiger charge is -2.10. The summed E-state index contributed by atoms with van der Waals surface area (Å²) in [6.07, 6.45) is 7.29. The second-order valence-corrected chi connectivity index (χ2v) is 4.80. The molecule has 1 heterocycles. The molecule has 2 nitrogen and oxygen atoms in total. The van der Waals surface area contributed by atoms with Crippen molar-refractivity contribution in [1.29, 1.82) is 0 Å².